The molecule has 6 heteroatoms. The van der Waals surface area contributed by atoms with Gasteiger partial charge in [-0.05, 0) is 24.0 Å². The predicted molar refractivity (Wildman–Crippen MR) is 109 cm³/mol. The summed E-state index contributed by atoms with van der Waals surface area (Å²) in [5, 5.41) is 1.84. The van der Waals surface area contributed by atoms with Crippen molar-refractivity contribution in [3.05, 3.63) is 40.9 Å². The van der Waals surface area contributed by atoms with E-state index in [9.17, 15) is 9.59 Å². The Balaban J connectivity index is 2.04. The lowest BCUT2D eigenvalue weighted by molar-refractivity contribution is -0.137. The Morgan fingerprint density at radius 1 is 1.15 bits per heavy atom. The first kappa shape index (κ1) is 21.4. The summed E-state index contributed by atoms with van der Waals surface area (Å²) in [5.41, 5.74) is 6.91. The molecule has 0 fully saturated rings. The molecule has 0 saturated heterocycles. The quantitative estimate of drug-likeness (QED) is 0.350. The Hall–Kier alpha value is -1.95. The second-order valence-electron chi connectivity index (χ2n) is 6.88. The smallest absolute Gasteiger partial charge is 0.341 e. The molecule has 5 nitrogen and oxygen atoms in total. The zero-order chi connectivity index (χ0) is 19.7. The van der Waals surface area contributed by atoms with E-state index in [4.69, 9.17) is 15.2 Å². The molecule has 1 aromatic rings. The van der Waals surface area contributed by atoms with Crippen LogP contribution in [-0.2, 0) is 9.53 Å². The lowest BCUT2D eigenvalue weighted by Gasteiger charge is -2.26. The van der Waals surface area contributed by atoms with Gasteiger partial charge in [-0.3, -0.25) is 4.79 Å². The van der Waals surface area contributed by atoms with Gasteiger partial charge in [-0.1, -0.05) is 57.6 Å². The van der Waals surface area contributed by atoms with E-state index in [0.29, 0.717) is 18.5 Å². The van der Waals surface area contributed by atoms with Crippen LogP contribution in [0.4, 0.5) is 0 Å². The van der Waals surface area contributed by atoms with Crippen molar-refractivity contribution in [1.82, 2.24) is 0 Å². The first-order valence-corrected chi connectivity index (χ1v) is 10.4. The summed E-state index contributed by atoms with van der Waals surface area (Å²) in [6, 6.07) is 6.63. The van der Waals surface area contributed by atoms with Crippen molar-refractivity contribution in [3.63, 3.8) is 0 Å². The first-order chi connectivity index (χ1) is 13.0. The average molecular weight is 392 g/mol. The molecule has 0 radical (unpaired) electrons. The van der Waals surface area contributed by atoms with Crippen LogP contribution in [-0.4, -0.2) is 23.8 Å². The van der Waals surface area contributed by atoms with E-state index in [1.165, 1.54) is 44.6 Å². The molecule has 1 atom stereocenters. The highest BCUT2D eigenvalue weighted by Crippen LogP contribution is 2.44. The zero-order valence-corrected chi connectivity index (χ0v) is 17.0. The van der Waals surface area contributed by atoms with E-state index in [1.54, 1.807) is 24.3 Å². The van der Waals surface area contributed by atoms with E-state index in [0.717, 1.165) is 12.8 Å². The lowest BCUT2D eigenvalue weighted by atomic mass is 9.95. The number of para-hydroxylation sites is 1. The summed E-state index contributed by atoms with van der Waals surface area (Å²) >= 11 is 1.44. The van der Waals surface area contributed by atoms with Crippen LogP contribution in [0, 0.1) is 0 Å². The maximum atomic E-state index is 13.0. The summed E-state index contributed by atoms with van der Waals surface area (Å²) in [7, 11) is 1.30. The highest BCUT2D eigenvalue weighted by molar-refractivity contribution is 8.04. The third-order valence-corrected chi connectivity index (χ3v) is 6.11. The zero-order valence-electron chi connectivity index (χ0n) is 16.2. The molecule has 0 amide bonds. The van der Waals surface area contributed by atoms with E-state index in [-0.39, 0.29) is 17.3 Å². The maximum Gasteiger partial charge on any atom is 0.341 e. The molecule has 0 spiro atoms. The van der Waals surface area contributed by atoms with Gasteiger partial charge in [0.15, 0.2) is 0 Å². The molecule has 2 N–H and O–H groups in total. The molecule has 0 bridgehead atoms. The molecule has 1 aliphatic heterocycles. The van der Waals surface area contributed by atoms with Gasteiger partial charge < -0.3 is 15.2 Å². The predicted octanol–water partition coefficient (Wildman–Crippen LogP) is 4.81. The van der Waals surface area contributed by atoms with Crippen LogP contribution in [0.25, 0.3) is 0 Å². The number of carbonyl (C=O) groups is 2. The Morgan fingerprint density at radius 2 is 1.85 bits per heavy atom. The molecule has 1 unspecified atom stereocenters. The number of unbranched alkanes of at least 4 members (excludes halogenated alkanes) is 5. The fourth-order valence-electron chi connectivity index (χ4n) is 3.19. The second kappa shape index (κ2) is 10.4. The molecular formula is C21H29NO4S. The number of carbonyl (C=O) groups excluding carboxylic acids is 2. The molecule has 1 aliphatic rings. The first-order valence-electron chi connectivity index (χ1n) is 9.54. The van der Waals surface area contributed by atoms with Crippen LogP contribution >= 0.6 is 11.8 Å². The summed E-state index contributed by atoms with van der Waals surface area (Å²) in [5.74, 6) is -0.656. The molecule has 2 rings (SSSR count). The highest BCUT2D eigenvalue weighted by atomic mass is 32.2. The van der Waals surface area contributed by atoms with Crippen LogP contribution in [0.1, 0.15) is 68.6 Å². The number of methoxy groups -OCH3 is 1. The number of allylic oxidation sites excluding steroid dienone is 1. The monoisotopic (exact) mass is 391 g/mol. The fraction of sp³-hybridized carbons (Fsp3) is 0.524. The Labute approximate surface area is 165 Å². The third-order valence-electron chi connectivity index (χ3n) is 4.73. The maximum absolute atomic E-state index is 13.0. The van der Waals surface area contributed by atoms with E-state index in [2.05, 4.69) is 6.92 Å². The van der Waals surface area contributed by atoms with Crippen molar-refractivity contribution < 1.29 is 19.1 Å². The Kier molecular flexibility index (Phi) is 8.23. The summed E-state index contributed by atoms with van der Waals surface area (Å²) < 4.78 is 9.71. The minimum absolute atomic E-state index is 0.225. The average Bonchev–Trinajstić information content (AvgIpc) is 3.06. The topological polar surface area (TPSA) is 78.6 Å². The van der Waals surface area contributed by atoms with E-state index < -0.39 is 10.7 Å². The van der Waals surface area contributed by atoms with Crippen molar-refractivity contribution >= 4 is 23.7 Å². The van der Waals surface area contributed by atoms with Crippen molar-refractivity contribution in [2.45, 2.75) is 63.0 Å². The minimum Gasteiger partial charge on any atom is -0.465 e. The molecule has 0 aliphatic carbocycles. The van der Waals surface area contributed by atoms with Gasteiger partial charge in [0.2, 0.25) is 0 Å². The van der Waals surface area contributed by atoms with Crippen molar-refractivity contribution in [1.29, 1.82) is 0 Å². The van der Waals surface area contributed by atoms with Crippen molar-refractivity contribution in [3.8, 4) is 5.75 Å². The Bertz CT molecular complexity index is 689. The third kappa shape index (κ3) is 5.76. The van der Waals surface area contributed by atoms with Crippen molar-refractivity contribution in [2.24, 2.45) is 5.73 Å². The van der Waals surface area contributed by atoms with Gasteiger partial charge in [0.25, 0.3) is 0 Å². The van der Waals surface area contributed by atoms with Crippen LogP contribution in [0.5, 0.6) is 5.75 Å². The molecule has 0 aromatic heterocycles. The van der Waals surface area contributed by atoms with Gasteiger partial charge in [0, 0.05) is 12.1 Å². The van der Waals surface area contributed by atoms with Gasteiger partial charge >= 0.3 is 11.9 Å². The number of ether oxygens (including phenoxy) is 2. The highest BCUT2D eigenvalue weighted by Gasteiger charge is 2.44. The fourth-order valence-corrected chi connectivity index (χ4v) is 4.30. The molecular weight excluding hydrogens is 362 g/mol. The van der Waals surface area contributed by atoms with Crippen LogP contribution in [0.15, 0.2) is 35.4 Å². The summed E-state index contributed by atoms with van der Waals surface area (Å²) in [4.78, 5) is 24.9. The largest absolute Gasteiger partial charge is 0.465 e. The van der Waals surface area contributed by atoms with Gasteiger partial charge in [0.05, 0.1) is 7.11 Å². The number of hydrogen-bond donors (Lipinski definition) is 1. The standard InChI is InChI=1S/C21H29NO4S/c1-3-4-5-6-7-10-13-21(14-16(22)15-27-21)20(24)26-18-12-9-8-11-17(18)19(23)25-2/h8-9,11-12,15H,3-7,10,13-14,22H2,1-2H3. The van der Waals surface area contributed by atoms with Crippen LogP contribution < -0.4 is 10.5 Å². The van der Waals surface area contributed by atoms with E-state index >= 15 is 0 Å². The van der Waals surface area contributed by atoms with Crippen LogP contribution in [0.3, 0.4) is 0 Å². The molecule has 1 aromatic carbocycles. The van der Waals surface area contributed by atoms with E-state index in [1.807, 2.05) is 5.41 Å². The normalized spacial score (nSPS) is 18.8. The number of rotatable bonds is 10. The molecule has 27 heavy (non-hydrogen) atoms. The second-order valence-corrected chi connectivity index (χ2v) is 8.13. The van der Waals surface area contributed by atoms with Crippen molar-refractivity contribution in [2.75, 3.05) is 7.11 Å². The molecule has 0 saturated carbocycles. The number of nitrogens with two attached hydrogens (primary N) is 1. The number of hydrogen-bond acceptors (Lipinski definition) is 6. The molecule has 148 valence electrons. The lowest BCUT2D eigenvalue weighted by Crippen LogP contribution is -2.38. The number of esters is 2. The Morgan fingerprint density at radius 3 is 2.52 bits per heavy atom. The van der Waals surface area contributed by atoms with Gasteiger partial charge in [-0.15, -0.1) is 11.8 Å². The SMILES string of the molecule is CCCCCCCCC1(C(=O)Oc2ccccc2C(=O)OC)CC(N)=CS1. The number of thioether (sulfide) groups is 1. The summed E-state index contributed by atoms with van der Waals surface area (Å²) in [6.07, 6.45) is 8.10. The number of benzene rings is 1. The summed E-state index contributed by atoms with van der Waals surface area (Å²) in [6.45, 7) is 2.20. The van der Waals surface area contributed by atoms with Gasteiger partial charge in [-0.2, -0.15) is 0 Å². The van der Waals surface area contributed by atoms with Gasteiger partial charge in [0.1, 0.15) is 16.1 Å². The molecule has 1 heterocycles. The minimum atomic E-state index is -0.710. The van der Waals surface area contributed by atoms with Gasteiger partial charge in [-0.25, -0.2) is 4.79 Å². The van der Waals surface area contributed by atoms with Crippen LogP contribution in [0.2, 0.25) is 0 Å².